The summed E-state index contributed by atoms with van der Waals surface area (Å²) in [6.45, 7) is 27.7. The lowest BCUT2D eigenvalue weighted by atomic mass is 9.88. The summed E-state index contributed by atoms with van der Waals surface area (Å²) in [7, 11) is 0. The van der Waals surface area contributed by atoms with Crippen LogP contribution in [0.25, 0.3) is 0 Å². The van der Waals surface area contributed by atoms with Crippen LogP contribution in [0.2, 0.25) is 0 Å². The predicted octanol–water partition coefficient (Wildman–Crippen LogP) is 6.93. The van der Waals surface area contributed by atoms with E-state index in [-0.39, 0.29) is 304 Å². The molecule has 0 N–H and O–H groups in total. The topological polar surface area (TPSA) is 446 Å². The van der Waals surface area contributed by atoms with E-state index in [1.54, 1.807) is 63.0 Å². The summed E-state index contributed by atoms with van der Waals surface area (Å²) in [5.41, 5.74) is 2.01. The van der Waals surface area contributed by atoms with Crippen molar-refractivity contribution in [3.05, 3.63) is 73.9 Å². The van der Waals surface area contributed by atoms with E-state index in [1.807, 2.05) is 0 Å². The van der Waals surface area contributed by atoms with E-state index < -0.39 is 36.6 Å². The summed E-state index contributed by atoms with van der Waals surface area (Å²) in [4.78, 5) is 208. The van der Waals surface area contributed by atoms with E-state index in [2.05, 4.69) is 39.5 Å². The quantitative estimate of drug-likeness (QED) is 0.0348. The molecule has 18 heterocycles. The molecule has 18 fully saturated rings. The summed E-state index contributed by atoms with van der Waals surface area (Å²) in [5.74, 6) is -4.19. The SMILES string of the molecule is C=C(C)C(=O)CCCC(=O)OC1C2CC3C(=O)OC1C3O2.C=C(C)C(=O)CCCC(=O)OC1C2CC3C(=O)OC1C3O2.C=C(C)C(=O)CCCC(=O)OC1C2CC3C(=O)OC1C3S2.C=C(C)C(=O)CCCC(=O)OC1C2CC3C(=O)OC1C3S2.C=CC(=O)CCCC(=O)OC1C2CC3C(=O)OC1C3O2.C=CC(=O)CCCC(=O)OC1C2CC3C(=O)OC1C3S2. The lowest BCUT2D eigenvalue weighted by Crippen LogP contribution is -2.40. The van der Waals surface area contributed by atoms with Gasteiger partial charge in [-0.2, -0.15) is 0 Å². The Morgan fingerprint density at radius 1 is 0.290 bits per heavy atom. The molecule has 124 heavy (non-hydrogen) atoms. The van der Waals surface area contributed by atoms with E-state index in [1.165, 1.54) is 12.2 Å². The molecule has 18 rings (SSSR count). The minimum atomic E-state index is -0.498. The van der Waals surface area contributed by atoms with Gasteiger partial charge in [-0.15, -0.1) is 35.3 Å². The minimum Gasteiger partial charge on any atom is -0.457 e. The molecular weight excluding hydrogens is 1680 g/mol. The van der Waals surface area contributed by atoms with Gasteiger partial charge in [0, 0.05) is 92.8 Å². The van der Waals surface area contributed by atoms with E-state index in [0.717, 1.165) is 19.3 Å². The normalized spacial score (nSPS) is 36.0. The Morgan fingerprint density at radius 2 is 0.500 bits per heavy atom. The van der Waals surface area contributed by atoms with Crippen molar-refractivity contribution in [3.8, 4) is 0 Å². The van der Waals surface area contributed by atoms with Gasteiger partial charge in [-0.25, -0.2) is 0 Å². The van der Waals surface area contributed by atoms with Crippen LogP contribution in [0, 0.1) is 35.5 Å². The second-order valence-electron chi connectivity index (χ2n) is 34.3. The molecule has 0 spiro atoms. The average molecular weight is 1790 g/mol. The molecule has 0 amide bonds. The fraction of sp³-hybridized carbons (Fsp3) is 0.659. The Labute approximate surface area is 727 Å². The number of rotatable bonds is 36. The zero-order chi connectivity index (χ0) is 89.1. The van der Waals surface area contributed by atoms with Crippen molar-refractivity contribution in [1.29, 1.82) is 0 Å². The van der Waals surface area contributed by atoms with Crippen LogP contribution in [0.4, 0.5) is 0 Å². The third kappa shape index (κ3) is 20.5. The lowest BCUT2D eigenvalue weighted by molar-refractivity contribution is -0.160. The first-order valence-corrected chi connectivity index (χ1v) is 45.3. The van der Waals surface area contributed by atoms with Crippen LogP contribution in [-0.2, 0) is 157 Å². The van der Waals surface area contributed by atoms with Crippen molar-refractivity contribution >= 4 is 142 Å². The minimum absolute atomic E-state index is 0.00448. The summed E-state index contributed by atoms with van der Waals surface area (Å²) in [5, 5.41) is 1.01. The molecule has 0 radical (unpaired) electrons. The Kier molecular flexibility index (Phi) is 29.8. The molecule has 18 saturated heterocycles. The molecule has 36 heteroatoms. The van der Waals surface area contributed by atoms with Crippen molar-refractivity contribution in [2.45, 2.75) is 323 Å². The molecule has 30 unspecified atom stereocenters. The molecule has 0 saturated carbocycles. The van der Waals surface area contributed by atoms with Gasteiger partial charge < -0.3 is 71.1 Å². The lowest BCUT2D eigenvalue weighted by Gasteiger charge is -2.23. The van der Waals surface area contributed by atoms with E-state index in [9.17, 15) is 86.3 Å². The molecule has 672 valence electrons. The molecule has 30 atom stereocenters. The van der Waals surface area contributed by atoms with Crippen LogP contribution in [0.1, 0.15) is 182 Å². The highest BCUT2D eigenvalue weighted by molar-refractivity contribution is 8.01. The Hall–Kier alpha value is -8.97. The fourth-order valence-corrected chi connectivity index (χ4v) is 24.6. The predicted molar refractivity (Wildman–Crippen MR) is 431 cm³/mol. The molecule has 0 aromatic carbocycles. The Balaban J connectivity index is 0.000000128. The number of fused-ring (bicyclic) bond motifs is 6. The number of carbonyl (C=O) groups excluding carboxylic acids is 18. The van der Waals surface area contributed by atoms with Gasteiger partial charge in [0.05, 0.1) is 69.6 Å². The first-order chi connectivity index (χ1) is 59.1. The van der Waals surface area contributed by atoms with Gasteiger partial charge in [0.1, 0.15) is 18.3 Å². The Morgan fingerprint density at radius 3 is 0.726 bits per heavy atom. The van der Waals surface area contributed by atoms with Crippen LogP contribution < -0.4 is 0 Å². The number of esters is 12. The summed E-state index contributed by atoms with van der Waals surface area (Å²) >= 11 is 5.12. The van der Waals surface area contributed by atoms with E-state index in [4.69, 9.17) is 71.1 Å². The van der Waals surface area contributed by atoms with Gasteiger partial charge in [-0.1, -0.05) is 39.5 Å². The van der Waals surface area contributed by atoms with Gasteiger partial charge in [0.15, 0.2) is 108 Å². The van der Waals surface area contributed by atoms with Crippen molar-refractivity contribution < 1.29 is 157 Å². The van der Waals surface area contributed by atoms with Crippen molar-refractivity contribution in [1.82, 2.24) is 0 Å². The average Bonchev–Trinajstić information content (AvgIpc) is 1.61. The first kappa shape index (κ1) is 92.7. The van der Waals surface area contributed by atoms with Gasteiger partial charge in [-0.3, -0.25) is 86.3 Å². The zero-order valence-corrected chi connectivity index (χ0v) is 71.8. The third-order valence-electron chi connectivity index (χ3n) is 25.4. The smallest absolute Gasteiger partial charge is 0.312 e. The highest BCUT2D eigenvalue weighted by Gasteiger charge is 2.70. The molecule has 33 nitrogen and oxygen atoms in total. The summed E-state index contributed by atoms with van der Waals surface area (Å²) in [6, 6.07) is 0. The molecular formula is C88H104O33S3. The van der Waals surface area contributed by atoms with Crippen LogP contribution >= 0.6 is 35.3 Å². The van der Waals surface area contributed by atoms with Gasteiger partial charge in [0.2, 0.25) is 0 Å². The number of Topliss-reactive ketones (excluding diaryl/α,β-unsaturated/α-hetero) is 4. The van der Waals surface area contributed by atoms with Crippen molar-refractivity contribution in [3.63, 3.8) is 0 Å². The van der Waals surface area contributed by atoms with E-state index >= 15 is 0 Å². The first-order valence-electron chi connectivity index (χ1n) is 42.5. The van der Waals surface area contributed by atoms with Crippen LogP contribution in [0.15, 0.2) is 73.9 Å². The van der Waals surface area contributed by atoms with E-state index in [0.29, 0.717) is 99.3 Å². The number of hydrogen-bond donors (Lipinski definition) is 0. The number of ether oxygens (including phenoxy) is 15. The maximum Gasteiger partial charge on any atom is 0.312 e. The molecule has 12 bridgehead atoms. The van der Waals surface area contributed by atoms with Crippen LogP contribution in [-0.4, -0.2) is 248 Å². The van der Waals surface area contributed by atoms with Gasteiger partial charge >= 0.3 is 71.6 Å². The van der Waals surface area contributed by atoms with Crippen molar-refractivity contribution in [2.24, 2.45) is 35.5 Å². The number of thioether (sulfide) groups is 3. The van der Waals surface area contributed by atoms with Gasteiger partial charge in [-0.05, 0) is 139 Å². The monoisotopic (exact) mass is 1780 g/mol. The maximum atomic E-state index is 11.9. The molecule has 0 aromatic rings. The number of allylic oxidation sites excluding steroid dienone is 6. The highest BCUT2D eigenvalue weighted by atomic mass is 32.2. The molecule has 18 aliphatic rings. The standard InChI is InChI=1S/2C15H18O6.2C15H18O5S.C14H16O6.C14H16O5S/c2*1-7(2)9(16)4-3-5-11(17)20-13-10-6-8-12(19-10)14(13)21-15(8)18;2*1-7(2)9(16)4-3-5-11(17)19-12-10-6-8-14(21-10)13(12)20-15(8)18;1-2-7(15)4-3-5-10(16)19-12-9-6-8-11(18-9)13(12)20-14(8)17;1-2-7(15)4-3-5-10(16)18-11-9-6-8-13(20-9)12(11)19-14(8)17/h4*8,10,12-14H,1,3-6H2,2H3;2*2,8-9,11-13H,1,3-6H2. The fourth-order valence-electron chi connectivity index (χ4n) is 19.0. The largest absolute Gasteiger partial charge is 0.457 e. The third-order valence-corrected chi connectivity index (χ3v) is 30.6. The number of hydrogen-bond acceptors (Lipinski definition) is 36. The number of carbonyl (C=O) groups is 18. The summed E-state index contributed by atoms with van der Waals surface area (Å²) in [6.07, 6.45) is 5.95. The molecule has 0 aromatic heterocycles. The van der Waals surface area contributed by atoms with Crippen LogP contribution in [0.3, 0.4) is 0 Å². The second-order valence-corrected chi connectivity index (χ2v) is 38.6. The second kappa shape index (κ2) is 39.9. The maximum absolute atomic E-state index is 11.9. The molecule has 0 aliphatic carbocycles. The Bertz CT molecular complexity index is 3940. The number of ketones is 6. The molecule has 18 aliphatic heterocycles. The van der Waals surface area contributed by atoms with Crippen molar-refractivity contribution in [2.75, 3.05) is 0 Å². The summed E-state index contributed by atoms with van der Waals surface area (Å²) < 4.78 is 81.1. The highest BCUT2D eigenvalue weighted by Crippen LogP contribution is 2.59. The van der Waals surface area contributed by atoms with Gasteiger partial charge in [0.25, 0.3) is 0 Å². The van der Waals surface area contributed by atoms with Crippen LogP contribution in [0.5, 0.6) is 0 Å². The zero-order valence-electron chi connectivity index (χ0n) is 69.4.